The van der Waals surface area contributed by atoms with Crippen LogP contribution in [0.25, 0.3) is 0 Å². The maximum atomic E-state index is 11.9. The van der Waals surface area contributed by atoms with E-state index in [2.05, 4.69) is 10.5 Å². The molecule has 0 atom stereocenters. The summed E-state index contributed by atoms with van der Waals surface area (Å²) in [5.74, 6) is -0.354. The van der Waals surface area contributed by atoms with Gasteiger partial charge < -0.3 is 0 Å². The van der Waals surface area contributed by atoms with Gasteiger partial charge in [-0.15, -0.1) is 0 Å². The summed E-state index contributed by atoms with van der Waals surface area (Å²) in [5, 5.41) is 4.88. The molecule has 5 heteroatoms. The topological polar surface area (TPSA) is 41.5 Å². The zero-order valence-electron chi connectivity index (χ0n) is 9.84. The summed E-state index contributed by atoms with van der Waals surface area (Å²) in [7, 11) is 0. The SMILES string of the molecule is CC1=C/C(=N/NC(=O)c2cc(Cl)ccc2Cl)CC1. The van der Waals surface area contributed by atoms with Crippen molar-refractivity contribution in [2.24, 2.45) is 5.10 Å². The third-order valence-corrected chi connectivity index (χ3v) is 3.23. The molecule has 1 aliphatic carbocycles. The van der Waals surface area contributed by atoms with Crippen molar-refractivity contribution in [3.05, 3.63) is 45.5 Å². The normalized spacial score (nSPS) is 16.8. The lowest BCUT2D eigenvalue weighted by Gasteiger charge is -2.03. The van der Waals surface area contributed by atoms with E-state index >= 15 is 0 Å². The van der Waals surface area contributed by atoms with Crippen LogP contribution >= 0.6 is 23.2 Å². The highest BCUT2D eigenvalue weighted by Gasteiger charge is 2.11. The van der Waals surface area contributed by atoms with Crippen LogP contribution in [0.5, 0.6) is 0 Å². The Morgan fingerprint density at radius 2 is 2.11 bits per heavy atom. The highest BCUT2D eigenvalue weighted by molar-refractivity contribution is 6.35. The maximum Gasteiger partial charge on any atom is 0.272 e. The predicted molar refractivity (Wildman–Crippen MR) is 74.4 cm³/mol. The van der Waals surface area contributed by atoms with E-state index in [4.69, 9.17) is 23.2 Å². The van der Waals surface area contributed by atoms with Crippen LogP contribution in [0.1, 0.15) is 30.1 Å². The van der Waals surface area contributed by atoms with Gasteiger partial charge in [0.1, 0.15) is 0 Å². The summed E-state index contributed by atoms with van der Waals surface area (Å²) in [5.41, 5.74) is 4.96. The number of nitrogens with zero attached hydrogens (tertiary/aromatic N) is 1. The van der Waals surface area contributed by atoms with Gasteiger partial charge in [0.2, 0.25) is 0 Å². The first-order chi connectivity index (χ1) is 8.56. The molecule has 3 nitrogen and oxygen atoms in total. The zero-order chi connectivity index (χ0) is 13.1. The third-order valence-electron chi connectivity index (χ3n) is 2.66. The van der Waals surface area contributed by atoms with Crippen LogP contribution in [0, 0.1) is 0 Å². The average Bonchev–Trinajstić information content (AvgIpc) is 2.75. The van der Waals surface area contributed by atoms with Gasteiger partial charge in [-0.3, -0.25) is 4.79 Å². The molecular formula is C13H12Cl2N2O. The molecule has 18 heavy (non-hydrogen) atoms. The number of hydrogen-bond acceptors (Lipinski definition) is 2. The molecule has 2 rings (SSSR count). The van der Waals surface area contributed by atoms with Gasteiger partial charge in [-0.1, -0.05) is 28.8 Å². The Kier molecular flexibility index (Phi) is 4.04. The molecule has 0 fully saturated rings. The number of halogens is 2. The molecule has 0 unspecified atom stereocenters. The van der Waals surface area contributed by atoms with E-state index < -0.39 is 0 Å². The molecule has 0 aromatic heterocycles. The van der Waals surface area contributed by atoms with Crippen LogP contribution in [-0.2, 0) is 0 Å². The van der Waals surface area contributed by atoms with E-state index in [-0.39, 0.29) is 5.91 Å². The Hall–Kier alpha value is -1.32. The fourth-order valence-corrected chi connectivity index (χ4v) is 2.07. The number of rotatable bonds is 2. The van der Waals surface area contributed by atoms with Crippen LogP contribution < -0.4 is 5.43 Å². The second kappa shape index (κ2) is 5.55. The van der Waals surface area contributed by atoms with Crippen molar-refractivity contribution in [2.45, 2.75) is 19.8 Å². The number of carbonyl (C=O) groups excluding carboxylic acids is 1. The van der Waals surface area contributed by atoms with Crippen molar-refractivity contribution in [3.8, 4) is 0 Å². The van der Waals surface area contributed by atoms with Gasteiger partial charge in [0.25, 0.3) is 5.91 Å². The molecule has 94 valence electrons. The molecule has 0 heterocycles. The molecule has 1 aromatic rings. The molecule has 1 aromatic carbocycles. The third kappa shape index (κ3) is 3.12. The Labute approximate surface area is 115 Å². The van der Waals surface area contributed by atoms with Crippen LogP contribution in [0.3, 0.4) is 0 Å². The van der Waals surface area contributed by atoms with Gasteiger partial charge in [-0.2, -0.15) is 5.10 Å². The number of benzene rings is 1. The van der Waals surface area contributed by atoms with Crippen LogP contribution in [0.4, 0.5) is 0 Å². The van der Waals surface area contributed by atoms with E-state index in [1.807, 2.05) is 13.0 Å². The van der Waals surface area contributed by atoms with Crippen LogP contribution in [-0.4, -0.2) is 11.6 Å². The van der Waals surface area contributed by atoms with Crippen molar-refractivity contribution in [3.63, 3.8) is 0 Å². The number of hydrogen-bond donors (Lipinski definition) is 1. The minimum absolute atomic E-state index is 0.326. The van der Waals surface area contributed by atoms with E-state index in [9.17, 15) is 4.79 Å². The Balaban J connectivity index is 2.11. The highest BCUT2D eigenvalue weighted by Crippen LogP contribution is 2.20. The van der Waals surface area contributed by atoms with Gasteiger partial charge in [0.05, 0.1) is 16.3 Å². The Bertz CT molecular complexity index is 550. The number of amides is 1. The van der Waals surface area contributed by atoms with Gasteiger partial charge >= 0.3 is 0 Å². The average molecular weight is 283 g/mol. The van der Waals surface area contributed by atoms with Crippen molar-refractivity contribution in [1.29, 1.82) is 0 Å². The Morgan fingerprint density at radius 3 is 2.78 bits per heavy atom. The fourth-order valence-electron chi connectivity index (χ4n) is 1.70. The zero-order valence-corrected chi connectivity index (χ0v) is 11.3. The molecule has 1 amide bonds. The number of nitrogens with one attached hydrogen (secondary N) is 1. The van der Waals surface area contributed by atoms with Gasteiger partial charge in [-0.25, -0.2) is 5.43 Å². The summed E-state index contributed by atoms with van der Waals surface area (Å²) in [6.07, 6.45) is 3.82. The first-order valence-electron chi connectivity index (χ1n) is 5.55. The molecule has 0 aliphatic heterocycles. The number of allylic oxidation sites excluding steroid dienone is 2. The lowest BCUT2D eigenvalue weighted by molar-refractivity contribution is 0.0955. The molecular weight excluding hydrogens is 271 g/mol. The van der Waals surface area contributed by atoms with Crippen LogP contribution in [0.15, 0.2) is 34.9 Å². The molecule has 1 aliphatic rings. The van der Waals surface area contributed by atoms with E-state index in [0.29, 0.717) is 15.6 Å². The number of hydrazone groups is 1. The van der Waals surface area contributed by atoms with E-state index in [1.165, 1.54) is 11.6 Å². The molecule has 0 spiro atoms. The number of carbonyl (C=O) groups is 1. The summed E-state index contributed by atoms with van der Waals surface area (Å²) >= 11 is 11.8. The fraction of sp³-hybridized carbons (Fsp3) is 0.231. The van der Waals surface area contributed by atoms with Gasteiger partial charge in [0.15, 0.2) is 0 Å². The largest absolute Gasteiger partial charge is 0.272 e. The molecule has 0 saturated heterocycles. The van der Waals surface area contributed by atoms with Gasteiger partial charge in [-0.05, 0) is 44.0 Å². The lowest BCUT2D eigenvalue weighted by atomic mass is 10.2. The molecule has 1 N–H and O–H groups in total. The van der Waals surface area contributed by atoms with E-state index in [0.717, 1.165) is 18.6 Å². The minimum atomic E-state index is -0.354. The second-order valence-corrected chi connectivity index (χ2v) is 5.00. The van der Waals surface area contributed by atoms with E-state index in [1.54, 1.807) is 12.1 Å². The minimum Gasteiger partial charge on any atom is -0.267 e. The molecule has 0 bridgehead atoms. The monoisotopic (exact) mass is 282 g/mol. The van der Waals surface area contributed by atoms with Crippen molar-refractivity contribution in [2.75, 3.05) is 0 Å². The highest BCUT2D eigenvalue weighted by atomic mass is 35.5. The first-order valence-corrected chi connectivity index (χ1v) is 6.31. The summed E-state index contributed by atoms with van der Waals surface area (Å²) < 4.78 is 0. The predicted octanol–water partition coefficient (Wildman–Crippen LogP) is 3.82. The quantitative estimate of drug-likeness (QED) is 0.824. The molecule has 0 radical (unpaired) electrons. The molecule has 0 saturated carbocycles. The smallest absolute Gasteiger partial charge is 0.267 e. The van der Waals surface area contributed by atoms with Crippen molar-refractivity contribution in [1.82, 2.24) is 5.43 Å². The van der Waals surface area contributed by atoms with Crippen molar-refractivity contribution >= 4 is 34.8 Å². The maximum absolute atomic E-state index is 11.9. The summed E-state index contributed by atoms with van der Waals surface area (Å²) in [6, 6.07) is 4.75. The van der Waals surface area contributed by atoms with Crippen LogP contribution in [0.2, 0.25) is 10.0 Å². The Morgan fingerprint density at radius 1 is 1.33 bits per heavy atom. The summed E-state index contributed by atoms with van der Waals surface area (Å²) in [6.45, 7) is 2.04. The van der Waals surface area contributed by atoms with Gasteiger partial charge in [0, 0.05) is 5.02 Å². The standard InChI is InChI=1S/C13H12Cl2N2O/c1-8-2-4-10(6-8)16-17-13(18)11-7-9(14)3-5-12(11)15/h3,5-7H,2,4H2,1H3,(H,17,18)/b16-10+. The second-order valence-electron chi connectivity index (χ2n) is 4.16. The summed E-state index contributed by atoms with van der Waals surface area (Å²) in [4.78, 5) is 11.9. The first kappa shape index (κ1) is 13.1. The van der Waals surface area contributed by atoms with Crippen molar-refractivity contribution < 1.29 is 4.79 Å². The lowest BCUT2D eigenvalue weighted by Crippen LogP contribution is -2.19.